The molecule has 310 valence electrons. The number of unbranched alkanes of at least 4 members (excludes halogenated alkanes) is 12. The second kappa shape index (κ2) is 35.7. The Hall–Kier alpha value is -1.98. The average molecular weight is 775 g/mol. The summed E-state index contributed by atoms with van der Waals surface area (Å²) < 4.78 is 114. The minimum Gasteiger partial charge on any atom is -0.420 e. The predicted molar refractivity (Wildman–Crippen MR) is 189 cm³/mol. The molecule has 0 N–H and O–H groups in total. The van der Waals surface area contributed by atoms with Gasteiger partial charge in [-0.2, -0.15) is 8.78 Å². The molecule has 0 heterocycles. The van der Waals surface area contributed by atoms with E-state index in [9.17, 15) is 26.7 Å². The SMILES string of the molecule is CCCCCCCCCCCCCCCOCCOCCOCCOCCOCCOCCOCCOCCC(=O)Oc1c(F)c(F)c(F)c(F)c1F. The van der Waals surface area contributed by atoms with E-state index >= 15 is 0 Å². The lowest BCUT2D eigenvalue weighted by Gasteiger charge is -2.09. The molecular formula is C38H63F5O10. The first-order valence-corrected chi connectivity index (χ1v) is 19.2. The minimum absolute atomic E-state index is 0.0901. The lowest BCUT2D eigenvalue weighted by molar-refractivity contribution is -0.136. The lowest BCUT2D eigenvalue weighted by atomic mass is 10.0. The topological polar surface area (TPSA) is 100 Å². The van der Waals surface area contributed by atoms with E-state index in [2.05, 4.69) is 11.7 Å². The summed E-state index contributed by atoms with van der Waals surface area (Å²) in [5, 5.41) is 0. The zero-order valence-corrected chi connectivity index (χ0v) is 31.7. The highest BCUT2D eigenvalue weighted by Crippen LogP contribution is 2.29. The third-order valence-corrected chi connectivity index (χ3v) is 7.83. The Morgan fingerprint density at radius 1 is 0.358 bits per heavy atom. The highest BCUT2D eigenvalue weighted by atomic mass is 19.2. The van der Waals surface area contributed by atoms with Crippen molar-refractivity contribution in [1.82, 2.24) is 0 Å². The summed E-state index contributed by atoms with van der Waals surface area (Å²) in [5.74, 6) is -14.1. The number of benzene rings is 1. The smallest absolute Gasteiger partial charge is 0.313 e. The van der Waals surface area contributed by atoms with Gasteiger partial charge in [-0.1, -0.05) is 84.0 Å². The third-order valence-electron chi connectivity index (χ3n) is 7.83. The van der Waals surface area contributed by atoms with Crippen LogP contribution in [0.4, 0.5) is 22.0 Å². The molecule has 53 heavy (non-hydrogen) atoms. The molecule has 0 amide bonds. The summed E-state index contributed by atoms with van der Waals surface area (Å²) in [4.78, 5) is 11.7. The summed E-state index contributed by atoms with van der Waals surface area (Å²) >= 11 is 0. The molecule has 1 aromatic carbocycles. The molecule has 10 nitrogen and oxygen atoms in total. The van der Waals surface area contributed by atoms with Gasteiger partial charge in [0, 0.05) is 6.61 Å². The van der Waals surface area contributed by atoms with Crippen LogP contribution in [0.1, 0.15) is 96.8 Å². The maximum absolute atomic E-state index is 13.6. The Bertz CT molecular complexity index is 995. The molecule has 0 fully saturated rings. The molecule has 0 radical (unpaired) electrons. The Morgan fingerprint density at radius 2 is 0.623 bits per heavy atom. The molecule has 0 atom stereocenters. The molecule has 1 rings (SSSR count). The van der Waals surface area contributed by atoms with Gasteiger partial charge in [0.1, 0.15) is 0 Å². The van der Waals surface area contributed by atoms with Crippen molar-refractivity contribution in [3.63, 3.8) is 0 Å². The monoisotopic (exact) mass is 774 g/mol. The first-order chi connectivity index (χ1) is 25.9. The van der Waals surface area contributed by atoms with Gasteiger partial charge in [0.25, 0.3) is 0 Å². The Morgan fingerprint density at radius 3 is 0.962 bits per heavy atom. The molecule has 1 aromatic rings. The van der Waals surface area contributed by atoms with Gasteiger partial charge in [-0.3, -0.25) is 4.79 Å². The number of ether oxygens (including phenoxy) is 9. The predicted octanol–water partition coefficient (Wildman–Crippen LogP) is 7.90. The fourth-order valence-electron chi connectivity index (χ4n) is 4.86. The van der Waals surface area contributed by atoms with E-state index in [1.807, 2.05) is 0 Å². The summed E-state index contributed by atoms with van der Waals surface area (Å²) in [6.45, 7) is 8.49. The van der Waals surface area contributed by atoms with Crippen LogP contribution in [0.25, 0.3) is 0 Å². The van der Waals surface area contributed by atoms with Crippen molar-refractivity contribution < 1.29 is 69.4 Å². The van der Waals surface area contributed by atoms with Gasteiger partial charge in [0.05, 0.1) is 106 Å². The number of carbonyl (C=O) groups is 1. The van der Waals surface area contributed by atoms with Crippen LogP contribution in [0, 0.1) is 29.1 Å². The van der Waals surface area contributed by atoms with E-state index in [-0.39, 0.29) is 26.4 Å². The largest absolute Gasteiger partial charge is 0.420 e. The van der Waals surface area contributed by atoms with E-state index < -0.39 is 47.2 Å². The number of hydrogen-bond donors (Lipinski definition) is 0. The first-order valence-electron chi connectivity index (χ1n) is 19.2. The molecule has 0 saturated heterocycles. The molecule has 0 saturated carbocycles. The fourth-order valence-corrected chi connectivity index (χ4v) is 4.86. The van der Waals surface area contributed by atoms with Crippen LogP contribution in [0.15, 0.2) is 0 Å². The molecule has 0 bridgehead atoms. The highest BCUT2D eigenvalue weighted by molar-refractivity contribution is 5.72. The van der Waals surface area contributed by atoms with Crippen molar-refractivity contribution in [3.05, 3.63) is 29.1 Å². The Labute approximate surface area is 312 Å². The molecular weight excluding hydrogens is 711 g/mol. The summed E-state index contributed by atoms with van der Waals surface area (Å²) in [6.07, 6.45) is 17.0. The Balaban J connectivity index is 1.72. The average Bonchev–Trinajstić information content (AvgIpc) is 3.16. The van der Waals surface area contributed by atoms with E-state index in [0.29, 0.717) is 72.7 Å². The van der Waals surface area contributed by atoms with Gasteiger partial charge in [-0.25, -0.2) is 13.2 Å². The number of carbonyl (C=O) groups excluding carboxylic acids is 1. The number of hydrogen-bond acceptors (Lipinski definition) is 10. The normalized spacial score (nSPS) is 11.5. The van der Waals surface area contributed by atoms with Crippen LogP contribution in [-0.2, 0) is 42.7 Å². The van der Waals surface area contributed by atoms with Crippen molar-refractivity contribution in [2.45, 2.75) is 96.8 Å². The third kappa shape index (κ3) is 27.3. The van der Waals surface area contributed by atoms with Gasteiger partial charge >= 0.3 is 5.97 Å². The molecule has 0 aliphatic carbocycles. The molecule has 15 heteroatoms. The van der Waals surface area contributed by atoms with Gasteiger partial charge in [0.15, 0.2) is 0 Å². The van der Waals surface area contributed by atoms with Gasteiger partial charge in [-0.05, 0) is 6.42 Å². The number of halogens is 5. The van der Waals surface area contributed by atoms with Crippen LogP contribution in [0.5, 0.6) is 5.75 Å². The maximum atomic E-state index is 13.6. The van der Waals surface area contributed by atoms with Crippen molar-refractivity contribution in [3.8, 4) is 5.75 Å². The molecule has 0 aromatic heterocycles. The van der Waals surface area contributed by atoms with Crippen LogP contribution in [0.2, 0.25) is 0 Å². The highest BCUT2D eigenvalue weighted by Gasteiger charge is 2.28. The van der Waals surface area contributed by atoms with E-state index in [0.717, 1.165) is 13.0 Å². The van der Waals surface area contributed by atoms with Crippen LogP contribution in [0.3, 0.4) is 0 Å². The van der Waals surface area contributed by atoms with Crippen molar-refractivity contribution >= 4 is 5.97 Å². The van der Waals surface area contributed by atoms with Crippen LogP contribution < -0.4 is 4.74 Å². The number of rotatable bonds is 39. The quantitative estimate of drug-likeness (QED) is 0.0164. The van der Waals surface area contributed by atoms with Crippen molar-refractivity contribution in [1.29, 1.82) is 0 Å². The molecule has 0 aliphatic rings. The molecule has 0 unspecified atom stereocenters. The minimum atomic E-state index is -2.34. The van der Waals surface area contributed by atoms with Gasteiger partial charge in [-0.15, -0.1) is 0 Å². The zero-order chi connectivity index (χ0) is 38.6. The van der Waals surface area contributed by atoms with E-state index in [1.54, 1.807) is 0 Å². The maximum Gasteiger partial charge on any atom is 0.313 e. The second-order valence-electron chi connectivity index (χ2n) is 12.3. The van der Waals surface area contributed by atoms with Crippen molar-refractivity contribution in [2.24, 2.45) is 0 Å². The summed E-state index contributed by atoms with van der Waals surface area (Å²) in [6, 6.07) is 0. The van der Waals surface area contributed by atoms with Gasteiger partial charge < -0.3 is 42.6 Å². The standard InChI is InChI=1S/C38H63F5O10/c1-2-3-4-5-6-7-8-9-10-11-12-13-14-16-45-18-20-47-22-24-49-26-28-51-30-31-52-29-27-50-25-23-48-21-19-46-17-15-32(44)53-38-36(42)34(40)33(39)35(41)37(38)43/h2-31H2,1H3. The summed E-state index contributed by atoms with van der Waals surface area (Å²) in [5.41, 5.74) is 0. The molecule has 0 spiro atoms. The Kier molecular flexibility index (Phi) is 33.0. The summed E-state index contributed by atoms with van der Waals surface area (Å²) in [7, 11) is 0. The van der Waals surface area contributed by atoms with Crippen molar-refractivity contribution in [2.75, 3.05) is 106 Å². The van der Waals surface area contributed by atoms with E-state index in [4.69, 9.17) is 37.9 Å². The molecule has 0 aliphatic heterocycles. The number of esters is 1. The first kappa shape index (κ1) is 49.0. The fraction of sp³-hybridized carbons (Fsp3) is 0.816. The van der Waals surface area contributed by atoms with Crippen LogP contribution >= 0.6 is 0 Å². The second-order valence-corrected chi connectivity index (χ2v) is 12.3. The zero-order valence-electron chi connectivity index (χ0n) is 31.7. The van der Waals surface area contributed by atoms with Crippen LogP contribution in [-0.4, -0.2) is 112 Å². The van der Waals surface area contributed by atoms with Gasteiger partial charge in [0.2, 0.25) is 34.8 Å². The van der Waals surface area contributed by atoms with E-state index in [1.165, 1.54) is 77.0 Å². The lowest BCUT2D eigenvalue weighted by Crippen LogP contribution is -2.16.